The van der Waals surface area contributed by atoms with Gasteiger partial charge in [-0.3, -0.25) is 4.79 Å². The third kappa shape index (κ3) is 4.40. The van der Waals surface area contributed by atoms with Crippen molar-refractivity contribution in [1.82, 2.24) is 4.90 Å². The van der Waals surface area contributed by atoms with E-state index < -0.39 is 0 Å². The number of ether oxygens (including phenoxy) is 1. The van der Waals surface area contributed by atoms with Crippen LogP contribution in [-0.2, 0) is 17.6 Å². The van der Waals surface area contributed by atoms with Gasteiger partial charge in [0.15, 0.2) is 0 Å². The fraction of sp³-hybridized carbons (Fsp3) is 0.192. The highest BCUT2D eigenvalue weighted by Gasteiger charge is 2.29. The minimum atomic E-state index is 0.0513. The summed E-state index contributed by atoms with van der Waals surface area (Å²) in [4.78, 5) is 15.1. The van der Waals surface area contributed by atoms with Crippen molar-refractivity contribution in [1.29, 1.82) is 0 Å². The van der Waals surface area contributed by atoms with E-state index in [-0.39, 0.29) is 11.9 Å². The molecule has 4 rings (SSSR count). The molecule has 3 aromatic rings. The van der Waals surface area contributed by atoms with E-state index in [1.54, 1.807) is 13.2 Å². The van der Waals surface area contributed by atoms with Crippen LogP contribution in [0.1, 0.15) is 28.3 Å². The maximum atomic E-state index is 13.1. The van der Waals surface area contributed by atoms with Gasteiger partial charge in [0.2, 0.25) is 5.91 Å². The number of hydrogen-bond acceptors (Lipinski definition) is 2. The van der Waals surface area contributed by atoms with Crippen molar-refractivity contribution in [3.63, 3.8) is 0 Å². The minimum absolute atomic E-state index is 0.0513. The molecule has 146 valence electrons. The Morgan fingerprint density at radius 2 is 1.72 bits per heavy atom. The van der Waals surface area contributed by atoms with E-state index in [0.29, 0.717) is 0 Å². The molecule has 0 saturated heterocycles. The largest absolute Gasteiger partial charge is 0.497 e. The summed E-state index contributed by atoms with van der Waals surface area (Å²) in [5, 5.41) is 0. The number of rotatable bonds is 5. The van der Waals surface area contributed by atoms with Crippen LogP contribution in [0.3, 0.4) is 0 Å². The second-order valence-corrected chi connectivity index (χ2v) is 7.29. The Morgan fingerprint density at radius 3 is 2.48 bits per heavy atom. The van der Waals surface area contributed by atoms with Crippen molar-refractivity contribution in [2.75, 3.05) is 13.7 Å². The van der Waals surface area contributed by atoms with Gasteiger partial charge < -0.3 is 9.64 Å². The summed E-state index contributed by atoms with van der Waals surface area (Å²) < 4.78 is 5.19. The molecule has 1 aliphatic heterocycles. The predicted octanol–water partition coefficient (Wildman–Crippen LogP) is 5.08. The van der Waals surface area contributed by atoms with Crippen LogP contribution in [-0.4, -0.2) is 24.5 Å². The monoisotopic (exact) mass is 383 g/mol. The molecule has 1 amide bonds. The SMILES string of the molecule is COc1ccc(/C=C/C(=O)N2CCc3ccccc3C2Cc2ccccc2)cc1. The van der Waals surface area contributed by atoms with Crippen LogP contribution in [0.15, 0.2) is 84.9 Å². The predicted molar refractivity (Wildman–Crippen MR) is 117 cm³/mol. The molecule has 0 N–H and O–H groups in total. The highest BCUT2D eigenvalue weighted by atomic mass is 16.5. The first kappa shape index (κ1) is 19.0. The molecule has 0 aromatic heterocycles. The van der Waals surface area contributed by atoms with Crippen LogP contribution in [0.4, 0.5) is 0 Å². The molecule has 29 heavy (non-hydrogen) atoms. The highest BCUT2D eigenvalue weighted by molar-refractivity contribution is 5.92. The Hall–Kier alpha value is -3.33. The fourth-order valence-electron chi connectivity index (χ4n) is 3.95. The summed E-state index contributed by atoms with van der Waals surface area (Å²) in [6, 6.07) is 26.7. The van der Waals surface area contributed by atoms with Gasteiger partial charge in [0, 0.05) is 12.6 Å². The van der Waals surface area contributed by atoms with Gasteiger partial charge in [-0.1, -0.05) is 66.7 Å². The number of hydrogen-bond donors (Lipinski definition) is 0. The molecule has 1 aliphatic rings. The van der Waals surface area contributed by atoms with Gasteiger partial charge in [0.1, 0.15) is 5.75 Å². The first-order valence-electron chi connectivity index (χ1n) is 9.99. The van der Waals surface area contributed by atoms with Gasteiger partial charge >= 0.3 is 0 Å². The van der Waals surface area contributed by atoms with Crippen molar-refractivity contribution in [3.05, 3.63) is 107 Å². The first-order chi connectivity index (χ1) is 14.2. The number of nitrogens with zero attached hydrogens (tertiary/aromatic N) is 1. The molecular formula is C26H25NO2. The minimum Gasteiger partial charge on any atom is -0.497 e. The maximum Gasteiger partial charge on any atom is 0.247 e. The summed E-state index contributed by atoms with van der Waals surface area (Å²) >= 11 is 0. The summed E-state index contributed by atoms with van der Waals surface area (Å²) in [6.45, 7) is 0.736. The Kier molecular flexibility index (Phi) is 5.76. The van der Waals surface area contributed by atoms with Crippen molar-refractivity contribution in [2.24, 2.45) is 0 Å². The molecule has 1 atom stereocenters. The van der Waals surface area contributed by atoms with Crippen molar-refractivity contribution < 1.29 is 9.53 Å². The zero-order valence-electron chi connectivity index (χ0n) is 16.6. The Bertz CT molecular complexity index is 993. The average Bonchev–Trinajstić information content (AvgIpc) is 2.79. The van der Waals surface area contributed by atoms with E-state index in [0.717, 1.165) is 30.7 Å². The van der Waals surface area contributed by atoms with Gasteiger partial charge in [0.25, 0.3) is 0 Å². The van der Waals surface area contributed by atoms with E-state index >= 15 is 0 Å². The van der Waals surface area contributed by atoms with Crippen molar-refractivity contribution in [2.45, 2.75) is 18.9 Å². The average molecular weight is 383 g/mol. The van der Waals surface area contributed by atoms with Gasteiger partial charge in [-0.25, -0.2) is 0 Å². The number of methoxy groups -OCH3 is 1. The van der Waals surface area contributed by atoms with Crippen LogP contribution >= 0.6 is 0 Å². The lowest BCUT2D eigenvalue weighted by atomic mass is 9.88. The highest BCUT2D eigenvalue weighted by Crippen LogP contribution is 2.32. The molecule has 0 aliphatic carbocycles. The molecule has 1 unspecified atom stereocenters. The van der Waals surface area contributed by atoms with E-state index in [2.05, 4.69) is 48.5 Å². The smallest absolute Gasteiger partial charge is 0.247 e. The van der Waals surface area contributed by atoms with E-state index in [1.807, 2.05) is 41.3 Å². The second-order valence-electron chi connectivity index (χ2n) is 7.29. The third-order valence-electron chi connectivity index (χ3n) is 5.50. The summed E-state index contributed by atoms with van der Waals surface area (Å²) in [5.41, 5.74) is 4.83. The van der Waals surface area contributed by atoms with E-state index in [9.17, 15) is 4.79 Å². The summed E-state index contributed by atoms with van der Waals surface area (Å²) in [5.74, 6) is 0.861. The molecule has 0 saturated carbocycles. The molecule has 0 spiro atoms. The molecular weight excluding hydrogens is 358 g/mol. The lowest BCUT2D eigenvalue weighted by Crippen LogP contribution is -2.40. The van der Waals surface area contributed by atoms with Crippen LogP contribution < -0.4 is 4.74 Å². The molecule has 3 aromatic carbocycles. The molecule has 3 heteroatoms. The van der Waals surface area contributed by atoms with Gasteiger partial charge in [-0.2, -0.15) is 0 Å². The number of fused-ring (bicyclic) bond motifs is 1. The Morgan fingerprint density at radius 1 is 1.00 bits per heavy atom. The zero-order chi connectivity index (χ0) is 20.1. The van der Waals surface area contributed by atoms with E-state index in [1.165, 1.54) is 16.7 Å². The second kappa shape index (κ2) is 8.78. The van der Waals surface area contributed by atoms with Crippen LogP contribution in [0, 0.1) is 0 Å². The molecule has 1 heterocycles. The molecule has 3 nitrogen and oxygen atoms in total. The molecule has 0 fully saturated rings. The quantitative estimate of drug-likeness (QED) is 0.575. The standard InChI is InChI=1S/C26H25NO2/c1-29-23-14-11-20(12-15-23)13-16-26(28)27-18-17-22-9-5-6-10-24(22)25(27)19-21-7-3-2-4-8-21/h2-16,25H,17-19H2,1H3/b16-13+. The number of carbonyl (C=O) groups excluding carboxylic acids is 1. The van der Waals surface area contributed by atoms with Crippen LogP contribution in [0.25, 0.3) is 6.08 Å². The Balaban J connectivity index is 1.58. The lowest BCUT2D eigenvalue weighted by molar-refractivity contribution is -0.128. The van der Waals surface area contributed by atoms with Crippen LogP contribution in [0.5, 0.6) is 5.75 Å². The van der Waals surface area contributed by atoms with Gasteiger partial charge in [0.05, 0.1) is 13.2 Å². The molecule has 0 radical (unpaired) electrons. The number of carbonyl (C=O) groups is 1. The zero-order valence-corrected chi connectivity index (χ0v) is 16.6. The Labute approximate surface area is 172 Å². The number of amides is 1. The van der Waals surface area contributed by atoms with Crippen molar-refractivity contribution in [3.8, 4) is 5.75 Å². The third-order valence-corrected chi connectivity index (χ3v) is 5.50. The van der Waals surface area contributed by atoms with Gasteiger partial charge in [-0.15, -0.1) is 0 Å². The fourth-order valence-corrected chi connectivity index (χ4v) is 3.95. The molecule has 0 bridgehead atoms. The lowest BCUT2D eigenvalue weighted by Gasteiger charge is -2.37. The van der Waals surface area contributed by atoms with Gasteiger partial charge in [-0.05, 0) is 53.3 Å². The first-order valence-corrected chi connectivity index (χ1v) is 9.99. The normalized spacial score (nSPS) is 15.9. The van der Waals surface area contributed by atoms with E-state index in [4.69, 9.17) is 4.74 Å². The van der Waals surface area contributed by atoms with Crippen LogP contribution in [0.2, 0.25) is 0 Å². The number of benzene rings is 3. The topological polar surface area (TPSA) is 29.5 Å². The summed E-state index contributed by atoms with van der Waals surface area (Å²) in [6.07, 6.45) is 5.28. The van der Waals surface area contributed by atoms with Crippen molar-refractivity contribution >= 4 is 12.0 Å². The maximum absolute atomic E-state index is 13.1. The summed E-state index contributed by atoms with van der Waals surface area (Å²) in [7, 11) is 1.65.